The summed E-state index contributed by atoms with van der Waals surface area (Å²) in [6.07, 6.45) is 0. The van der Waals surface area contributed by atoms with E-state index >= 15 is 0 Å². The molecule has 3 aromatic carbocycles. The van der Waals surface area contributed by atoms with Gasteiger partial charge < -0.3 is 14.6 Å². The number of amides is 1. The molecule has 2 heterocycles. The van der Waals surface area contributed by atoms with Gasteiger partial charge in [-0.2, -0.15) is 0 Å². The Morgan fingerprint density at radius 2 is 1.79 bits per heavy atom. The Morgan fingerprint density at radius 3 is 2.55 bits per heavy atom. The molecule has 8 heteroatoms. The third kappa shape index (κ3) is 3.71. The third-order valence-corrected chi connectivity index (χ3v) is 5.60. The molecule has 0 aliphatic carbocycles. The fourth-order valence-electron chi connectivity index (χ4n) is 3.82. The van der Waals surface area contributed by atoms with Crippen molar-refractivity contribution in [1.29, 1.82) is 0 Å². The number of carbonyl (C=O) groups is 1. The van der Waals surface area contributed by atoms with Gasteiger partial charge in [0.1, 0.15) is 11.6 Å². The molecule has 2 aromatic heterocycles. The summed E-state index contributed by atoms with van der Waals surface area (Å²) in [5.41, 5.74) is 5.31. The molecule has 0 saturated heterocycles. The second kappa shape index (κ2) is 8.23. The van der Waals surface area contributed by atoms with Crippen LogP contribution in [0, 0.1) is 6.92 Å². The van der Waals surface area contributed by atoms with Crippen LogP contribution in [0.2, 0.25) is 0 Å². The van der Waals surface area contributed by atoms with E-state index in [-0.39, 0.29) is 11.6 Å². The van der Waals surface area contributed by atoms with Crippen LogP contribution in [0.25, 0.3) is 28.1 Å². The molecule has 0 radical (unpaired) electrons. The third-order valence-electron chi connectivity index (χ3n) is 5.60. The van der Waals surface area contributed by atoms with Crippen LogP contribution in [0.4, 0.5) is 5.69 Å². The summed E-state index contributed by atoms with van der Waals surface area (Å²) in [5, 5.41) is 11.1. The summed E-state index contributed by atoms with van der Waals surface area (Å²) in [6.45, 7) is 1.81. The summed E-state index contributed by atoms with van der Waals surface area (Å²) in [4.78, 5) is 17.6. The van der Waals surface area contributed by atoms with Crippen LogP contribution in [-0.2, 0) is 7.05 Å². The SMILES string of the molecule is COc1cccc(-n2nnc(C(=O)Nc3ccc(-c4nc5ccccc5n4C)cc3)c2C)c1. The largest absolute Gasteiger partial charge is 0.497 e. The maximum Gasteiger partial charge on any atom is 0.278 e. The molecule has 0 aliphatic rings. The molecule has 1 amide bonds. The molecular weight excluding hydrogens is 416 g/mol. The number of imidazole rings is 1. The van der Waals surface area contributed by atoms with Crippen molar-refractivity contribution in [3.8, 4) is 22.8 Å². The van der Waals surface area contributed by atoms with E-state index < -0.39 is 0 Å². The summed E-state index contributed by atoms with van der Waals surface area (Å²) in [7, 11) is 3.60. The smallest absolute Gasteiger partial charge is 0.278 e. The second-order valence-electron chi connectivity index (χ2n) is 7.65. The number of para-hydroxylation sites is 2. The molecule has 5 aromatic rings. The Morgan fingerprint density at radius 1 is 1.00 bits per heavy atom. The number of hydrogen-bond acceptors (Lipinski definition) is 5. The van der Waals surface area contributed by atoms with Gasteiger partial charge in [0, 0.05) is 24.4 Å². The van der Waals surface area contributed by atoms with Crippen molar-refractivity contribution in [3.05, 3.63) is 84.2 Å². The van der Waals surface area contributed by atoms with Gasteiger partial charge in [-0.25, -0.2) is 9.67 Å². The number of aryl methyl sites for hydroxylation is 1. The van der Waals surface area contributed by atoms with Crippen molar-refractivity contribution in [3.63, 3.8) is 0 Å². The van der Waals surface area contributed by atoms with Crippen LogP contribution < -0.4 is 10.1 Å². The van der Waals surface area contributed by atoms with Crippen LogP contribution in [0.15, 0.2) is 72.8 Å². The molecule has 0 spiro atoms. The van der Waals surface area contributed by atoms with Gasteiger partial charge in [0.25, 0.3) is 5.91 Å². The minimum atomic E-state index is -0.322. The van der Waals surface area contributed by atoms with Crippen molar-refractivity contribution >= 4 is 22.6 Å². The highest BCUT2D eigenvalue weighted by Gasteiger charge is 2.18. The van der Waals surface area contributed by atoms with E-state index in [1.165, 1.54) is 0 Å². The zero-order valence-electron chi connectivity index (χ0n) is 18.5. The zero-order valence-corrected chi connectivity index (χ0v) is 18.5. The summed E-state index contributed by atoms with van der Waals surface area (Å²) >= 11 is 0. The van der Waals surface area contributed by atoms with E-state index in [1.807, 2.05) is 86.8 Å². The van der Waals surface area contributed by atoms with Crippen LogP contribution in [0.5, 0.6) is 5.75 Å². The molecule has 0 bridgehead atoms. The van der Waals surface area contributed by atoms with Crippen molar-refractivity contribution < 1.29 is 9.53 Å². The Bertz CT molecular complexity index is 1470. The van der Waals surface area contributed by atoms with Crippen LogP contribution in [0.3, 0.4) is 0 Å². The highest BCUT2D eigenvalue weighted by Crippen LogP contribution is 2.25. The molecular formula is C25H22N6O2. The Labute approximate surface area is 190 Å². The molecule has 0 fully saturated rings. The molecule has 33 heavy (non-hydrogen) atoms. The lowest BCUT2D eigenvalue weighted by Gasteiger charge is -2.07. The van der Waals surface area contributed by atoms with Crippen molar-refractivity contribution in [2.45, 2.75) is 6.92 Å². The highest BCUT2D eigenvalue weighted by molar-refractivity contribution is 6.03. The van der Waals surface area contributed by atoms with Crippen LogP contribution in [-0.4, -0.2) is 37.6 Å². The summed E-state index contributed by atoms with van der Waals surface area (Å²) in [5.74, 6) is 1.25. The number of carbonyl (C=O) groups excluding carboxylic acids is 1. The number of nitrogens with one attached hydrogen (secondary N) is 1. The molecule has 0 saturated carbocycles. The summed E-state index contributed by atoms with van der Waals surface area (Å²) in [6, 6.07) is 23.0. The lowest BCUT2D eigenvalue weighted by molar-refractivity contribution is 0.102. The molecule has 5 rings (SSSR count). The number of nitrogens with zero attached hydrogens (tertiary/aromatic N) is 5. The number of hydrogen-bond donors (Lipinski definition) is 1. The lowest BCUT2D eigenvalue weighted by Crippen LogP contribution is -2.14. The van der Waals surface area contributed by atoms with E-state index in [0.29, 0.717) is 17.1 Å². The molecule has 0 aliphatic heterocycles. The predicted molar refractivity (Wildman–Crippen MR) is 127 cm³/mol. The molecule has 0 unspecified atom stereocenters. The van der Waals surface area contributed by atoms with Gasteiger partial charge >= 0.3 is 0 Å². The molecule has 1 N–H and O–H groups in total. The van der Waals surface area contributed by atoms with E-state index in [4.69, 9.17) is 9.72 Å². The van der Waals surface area contributed by atoms with Gasteiger partial charge in [-0.05, 0) is 55.5 Å². The quantitative estimate of drug-likeness (QED) is 0.440. The first-order valence-electron chi connectivity index (χ1n) is 10.4. The van der Waals surface area contributed by atoms with Gasteiger partial charge in [-0.1, -0.05) is 23.4 Å². The number of fused-ring (bicyclic) bond motifs is 1. The van der Waals surface area contributed by atoms with Gasteiger partial charge in [0.15, 0.2) is 5.69 Å². The first-order chi connectivity index (χ1) is 16.0. The van der Waals surface area contributed by atoms with E-state index in [1.54, 1.807) is 11.8 Å². The first-order valence-corrected chi connectivity index (χ1v) is 10.4. The molecule has 8 nitrogen and oxygen atoms in total. The average molecular weight is 438 g/mol. The van der Waals surface area contributed by atoms with Gasteiger partial charge in [0.2, 0.25) is 0 Å². The van der Waals surface area contributed by atoms with Gasteiger partial charge in [-0.15, -0.1) is 5.10 Å². The Balaban J connectivity index is 1.36. The second-order valence-corrected chi connectivity index (χ2v) is 7.65. The Hall–Kier alpha value is -4.46. The number of benzene rings is 3. The highest BCUT2D eigenvalue weighted by atomic mass is 16.5. The maximum atomic E-state index is 12.9. The van der Waals surface area contributed by atoms with Crippen molar-refractivity contribution in [2.24, 2.45) is 7.05 Å². The van der Waals surface area contributed by atoms with E-state index in [0.717, 1.165) is 28.1 Å². The Kier molecular flexibility index (Phi) is 5.10. The van der Waals surface area contributed by atoms with Crippen LogP contribution in [0.1, 0.15) is 16.2 Å². The van der Waals surface area contributed by atoms with Crippen molar-refractivity contribution in [1.82, 2.24) is 24.5 Å². The maximum absolute atomic E-state index is 12.9. The number of anilines is 1. The monoisotopic (exact) mass is 438 g/mol. The molecule has 164 valence electrons. The van der Waals surface area contributed by atoms with E-state index in [2.05, 4.69) is 20.2 Å². The molecule has 0 atom stereocenters. The normalized spacial score (nSPS) is 11.0. The number of rotatable bonds is 5. The minimum Gasteiger partial charge on any atom is -0.497 e. The number of ether oxygens (including phenoxy) is 1. The lowest BCUT2D eigenvalue weighted by atomic mass is 10.2. The van der Waals surface area contributed by atoms with Gasteiger partial charge in [-0.3, -0.25) is 4.79 Å². The standard InChI is InChI=1S/C25H22N6O2/c1-16-23(28-29-31(16)19-7-6-8-20(15-19)33-3)25(32)26-18-13-11-17(12-14-18)24-27-21-9-4-5-10-22(21)30(24)2/h4-15H,1-3H3,(H,26,32). The van der Waals surface area contributed by atoms with Crippen LogP contribution >= 0.6 is 0 Å². The van der Waals surface area contributed by atoms with E-state index in [9.17, 15) is 4.79 Å². The van der Waals surface area contributed by atoms with Gasteiger partial charge in [0.05, 0.1) is 29.5 Å². The van der Waals surface area contributed by atoms with Crippen molar-refractivity contribution in [2.75, 3.05) is 12.4 Å². The zero-order chi connectivity index (χ0) is 22.9. The fourth-order valence-corrected chi connectivity index (χ4v) is 3.82. The summed E-state index contributed by atoms with van der Waals surface area (Å²) < 4.78 is 8.94. The topological polar surface area (TPSA) is 86.9 Å². The predicted octanol–water partition coefficient (Wildman–Crippen LogP) is 4.39. The average Bonchev–Trinajstić information content (AvgIpc) is 3.40. The minimum absolute atomic E-state index is 0.261. The first kappa shape index (κ1) is 20.4. The fraction of sp³-hybridized carbons (Fsp3) is 0.120. The number of aromatic nitrogens is 5. The number of methoxy groups -OCH3 is 1.